The van der Waals surface area contributed by atoms with E-state index in [9.17, 15) is 0 Å². The highest BCUT2D eigenvalue weighted by atomic mass is 79.9. The predicted molar refractivity (Wildman–Crippen MR) is 72.3 cm³/mol. The quantitative estimate of drug-likeness (QED) is 0.575. The second-order valence-corrected chi connectivity index (χ2v) is 3.86. The average molecular weight is 295 g/mol. The molecule has 0 atom stereocenters. The number of hydrogen-bond donors (Lipinski definition) is 2. The number of hydrogen-bond acceptors (Lipinski definition) is 3. The third-order valence-electron chi connectivity index (χ3n) is 2.79. The third kappa shape index (κ3) is 5.67. The average Bonchev–Trinajstić information content (AvgIpc) is 2.28. The topological polar surface area (TPSA) is 62.9 Å². The van der Waals surface area contributed by atoms with Crippen LogP contribution < -0.4 is 11.1 Å². The van der Waals surface area contributed by atoms with Crippen LogP contribution in [0.1, 0.15) is 12.8 Å². The van der Waals surface area contributed by atoms with Crippen LogP contribution in [-0.2, 0) is 4.74 Å². The van der Waals surface area contributed by atoms with Gasteiger partial charge in [-0.2, -0.15) is 0 Å². The molecule has 1 rings (SSSR count). The van der Waals surface area contributed by atoms with Crippen LogP contribution in [0.5, 0.6) is 0 Å². The summed E-state index contributed by atoms with van der Waals surface area (Å²) in [6.45, 7) is 4.06. The van der Waals surface area contributed by atoms with Crippen molar-refractivity contribution < 1.29 is 4.74 Å². The van der Waals surface area contributed by atoms with Gasteiger partial charge in [-0.3, -0.25) is 4.99 Å². The molecule has 0 aliphatic carbocycles. The molecule has 0 saturated carbocycles. The van der Waals surface area contributed by atoms with Crippen LogP contribution in [0.15, 0.2) is 4.99 Å². The number of piperidine rings is 1. The number of aliphatic imine (C=N–C) groups is 1. The molecule has 0 unspecified atom stereocenters. The summed E-state index contributed by atoms with van der Waals surface area (Å²) >= 11 is 0. The number of guanidine groups is 1. The molecular formula is C10H23BrN4O. The summed E-state index contributed by atoms with van der Waals surface area (Å²) in [5.41, 5.74) is 5.62. The van der Waals surface area contributed by atoms with Crippen LogP contribution in [0, 0.1) is 0 Å². The van der Waals surface area contributed by atoms with Gasteiger partial charge in [-0.1, -0.05) is 0 Å². The van der Waals surface area contributed by atoms with E-state index in [1.165, 1.54) is 0 Å². The molecule has 1 aliphatic rings. The lowest BCUT2D eigenvalue weighted by atomic mass is 10.1. The number of nitrogens with one attached hydrogen (secondary N) is 1. The summed E-state index contributed by atoms with van der Waals surface area (Å²) in [5, 5.41) is 3.21. The number of halogens is 1. The van der Waals surface area contributed by atoms with Crippen molar-refractivity contribution in [3.8, 4) is 0 Å². The Balaban J connectivity index is 0.00000225. The van der Waals surface area contributed by atoms with E-state index in [-0.39, 0.29) is 17.0 Å². The molecule has 0 radical (unpaired) electrons. The van der Waals surface area contributed by atoms with Gasteiger partial charge in [0.05, 0.1) is 6.61 Å². The van der Waals surface area contributed by atoms with Gasteiger partial charge in [0.15, 0.2) is 5.96 Å². The number of ether oxygens (including phenoxy) is 1. The Morgan fingerprint density at radius 1 is 1.50 bits per heavy atom. The number of rotatable bonds is 4. The number of nitrogens with zero attached hydrogens (tertiary/aromatic N) is 2. The summed E-state index contributed by atoms with van der Waals surface area (Å²) in [4.78, 5) is 6.32. The van der Waals surface area contributed by atoms with E-state index in [4.69, 9.17) is 10.5 Å². The standard InChI is InChI=1S/C10H22N4O.BrH/c1-12-10(11)13-9-3-5-14(6-4-9)7-8-15-2;/h9H,3-8H2,1-2H3,(H3,11,12,13);1H. The lowest BCUT2D eigenvalue weighted by molar-refractivity contribution is 0.128. The molecule has 1 heterocycles. The van der Waals surface area contributed by atoms with Crippen LogP contribution in [0.25, 0.3) is 0 Å². The molecule has 96 valence electrons. The second-order valence-electron chi connectivity index (χ2n) is 3.86. The predicted octanol–water partition coefficient (Wildman–Crippen LogP) is 0.209. The molecule has 0 bridgehead atoms. The molecule has 3 N–H and O–H groups in total. The van der Waals surface area contributed by atoms with E-state index in [0.29, 0.717) is 12.0 Å². The fourth-order valence-electron chi connectivity index (χ4n) is 1.79. The number of likely N-dealkylation sites (tertiary alicyclic amines) is 1. The van der Waals surface area contributed by atoms with E-state index in [2.05, 4.69) is 15.2 Å². The first-order chi connectivity index (χ1) is 7.26. The molecule has 0 spiro atoms. The molecule has 5 nitrogen and oxygen atoms in total. The van der Waals surface area contributed by atoms with E-state index in [1.807, 2.05) is 0 Å². The Morgan fingerprint density at radius 2 is 2.12 bits per heavy atom. The minimum Gasteiger partial charge on any atom is -0.383 e. The van der Waals surface area contributed by atoms with Crippen LogP contribution >= 0.6 is 17.0 Å². The minimum absolute atomic E-state index is 0. The first-order valence-corrected chi connectivity index (χ1v) is 5.46. The molecule has 6 heteroatoms. The summed E-state index contributed by atoms with van der Waals surface area (Å²) in [7, 11) is 3.45. The van der Waals surface area contributed by atoms with Gasteiger partial charge in [0.1, 0.15) is 0 Å². The maximum absolute atomic E-state index is 5.62. The van der Waals surface area contributed by atoms with Crippen molar-refractivity contribution in [3.05, 3.63) is 0 Å². The number of methoxy groups -OCH3 is 1. The summed E-state index contributed by atoms with van der Waals surface area (Å²) < 4.78 is 5.06. The highest BCUT2D eigenvalue weighted by Gasteiger charge is 2.18. The van der Waals surface area contributed by atoms with Crippen molar-refractivity contribution in [2.45, 2.75) is 18.9 Å². The van der Waals surface area contributed by atoms with E-state index in [0.717, 1.165) is 39.1 Å². The molecule has 1 fully saturated rings. The van der Waals surface area contributed by atoms with Gasteiger partial charge in [0, 0.05) is 39.8 Å². The maximum Gasteiger partial charge on any atom is 0.188 e. The largest absolute Gasteiger partial charge is 0.383 e. The molecule has 16 heavy (non-hydrogen) atoms. The SMILES string of the molecule is Br.CN=C(N)NC1CCN(CCOC)CC1. The van der Waals surface area contributed by atoms with Crippen LogP contribution in [0.2, 0.25) is 0 Å². The van der Waals surface area contributed by atoms with Gasteiger partial charge >= 0.3 is 0 Å². The van der Waals surface area contributed by atoms with Gasteiger partial charge in [0.25, 0.3) is 0 Å². The van der Waals surface area contributed by atoms with Crippen molar-refractivity contribution in [3.63, 3.8) is 0 Å². The number of nitrogens with two attached hydrogens (primary N) is 1. The lowest BCUT2D eigenvalue weighted by Gasteiger charge is -2.32. The highest BCUT2D eigenvalue weighted by molar-refractivity contribution is 8.93. The molecule has 1 saturated heterocycles. The first-order valence-electron chi connectivity index (χ1n) is 5.46. The van der Waals surface area contributed by atoms with Crippen molar-refractivity contribution in [2.24, 2.45) is 10.7 Å². The lowest BCUT2D eigenvalue weighted by Crippen LogP contribution is -2.47. The zero-order valence-corrected chi connectivity index (χ0v) is 11.8. The van der Waals surface area contributed by atoms with Crippen LogP contribution in [0.3, 0.4) is 0 Å². The normalized spacial score (nSPS) is 19.2. The van der Waals surface area contributed by atoms with Crippen LogP contribution in [-0.4, -0.2) is 57.3 Å². The van der Waals surface area contributed by atoms with Crippen molar-refractivity contribution >= 4 is 22.9 Å². The van der Waals surface area contributed by atoms with Gasteiger partial charge < -0.3 is 20.7 Å². The van der Waals surface area contributed by atoms with E-state index >= 15 is 0 Å². The van der Waals surface area contributed by atoms with Gasteiger partial charge in [-0.25, -0.2) is 0 Å². The third-order valence-corrected chi connectivity index (χ3v) is 2.79. The van der Waals surface area contributed by atoms with Gasteiger partial charge in [-0.05, 0) is 12.8 Å². The first kappa shape index (κ1) is 15.7. The molecule has 1 aliphatic heterocycles. The Kier molecular flexibility index (Phi) is 8.60. The van der Waals surface area contributed by atoms with Gasteiger partial charge in [-0.15, -0.1) is 17.0 Å². The smallest absolute Gasteiger partial charge is 0.188 e. The Bertz CT molecular complexity index is 205. The summed E-state index contributed by atoms with van der Waals surface area (Å²) in [6, 6.07) is 0.479. The fraction of sp³-hybridized carbons (Fsp3) is 0.900. The summed E-state index contributed by atoms with van der Waals surface area (Å²) in [6.07, 6.45) is 2.25. The van der Waals surface area contributed by atoms with Crippen molar-refractivity contribution in [2.75, 3.05) is 40.4 Å². The maximum atomic E-state index is 5.62. The molecule has 0 amide bonds. The molecule has 0 aromatic rings. The fourth-order valence-corrected chi connectivity index (χ4v) is 1.79. The molecule has 0 aromatic carbocycles. The Labute approximate surface area is 108 Å². The van der Waals surface area contributed by atoms with Crippen molar-refractivity contribution in [1.82, 2.24) is 10.2 Å². The summed E-state index contributed by atoms with van der Waals surface area (Å²) in [5.74, 6) is 0.547. The van der Waals surface area contributed by atoms with E-state index < -0.39 is 0 Å². The minimum atomic E-state index is 0. The van der Waals surface area contributed by atoms with Crippen molar-refractivity contribution in [1.29, 1.82) is 0 Å². The van der Waals surface area contributed by atoms with Gasteiger partial charge in [0.2, 0.25) is 0 Å². The monoisotopic (exact) mass is 294 g/mol. The Morgan fingerprint density at radius 3 is 2.62 bits per heavy atom. The molecule has 0 aromatic heterocycles. The Hall–Kier alpha value is -0.330. The highest BCUT2D eigenvalue weighted by Crippen LogP contribution is 2.09. The zero-order chi connectivity index (χ0) is 11.1. The van der Waals surface area contributed by atoms with E-state index in [1.54, 1.807) is 14.2 Å². The second kappa shape index (κ2) is 8.78. The molecular weight excluding hydrogens is 272 g/mol. The zero-order valence-electron chi connectivity index (χ0n) is 10.1. The van der Waals surface area contributed by atoms with Crippen LogP contribution in [0.4, 0.5) is 0 Å².